The Morgan fingerprint density at radius 1 is 1.28 bits per heavy atom. The molecule has 0 bridgehead atoms. The Labute approximate surface area is 129 Å². The summed E-state index contributed by atoms with van der Waals surface area (Å²) in [7, 11) is 0. The molecule has 0 saturated heterocycles. The van der Waals surface area contributed by atoms with E-state index in [4.69, 9.17) is 11.6 Å². The fraction of sp³-hybridized carbons (Fsp3) is 0.214. The molecule has 0 aliphatic rings. The lowest BCUT2D eigenvalue weighted by Crippen LogP contribution is -2.00. The normalized spacial score (nSPS) is 12.4. The van der Waals surface area contributed by atoms with Crippen molar-refractivity contribution >= 4 is 43.5 Å². The third-order valence-corrected chi connectivity index (χ3v) is 4.94. The third kappa shape index (κ3) is 3.14. The summed E-state index contributed by atoms with van der Waals surface area (Å²) >= 11 is 13.4. The number of hydrogen-bond donors (Lipinski definition) is 0. The van der Waals surface area contributed by atoms with E-state index in [0.717, 1.165) is 27.2 Å². The summed E-state index contributed by atoms with van der Waals surface area (Å²) in [4.78, 5) is 4.57. The standard InChI is InChI=1S/C14H12Br2ClN/c1-9-4-3-7-18-13(9)8-12(16)10-5-2-6-11(15)14(10)17/h2-7,12H,8H2,1H3. The average molecular weight is 390 g/mol. The monoisotopic (exact) mass is 387 g/mol. The molecule has 1 atom stereocenters. The molecule has 1 aromatic heterocycles. The van der Waals surface area contributed by atoms with Crippen LogP contribution in [0, 0.1) is 6.92 Å². The van der Waals surface area contributed by atoms with Crippen LogP contribution in [-0.2, 0) is 6.42 Å². The first-order chi connectivity index (χ1) is 8.59. The molecule has 94 valence electrons. The molecule has 1 unspecified atom stereocenters. The summed E-state index contributed by atoms with van der Waals surface area (Å²) in [5.41, 5.74) is 3.37. The van der Waals surface area contributed by atoms with Crippen molar-refractivity contribution in [2.24, 2.45) is 0 Å². The van der Waals surface area contributed by atoms with Gasteiger partial charge in [0, 0.05) is 27.6 Å². The van der Waals surface area contributed by atoms with E-state index in [1.54, 1.807) is 0 Å². The maximum Gasteiger partial charge on any atom is 0.0591 e. The molecular formula is C14H12Br2ClN. The lowest BCUT2D eigenvalue weighted by Gasteiger charge is -2.13. The van der Waals surface area contributed by atoms with Gasteiger partial charge in [-0.25, -0.2) is 0 Å². The maximum absolute atomic E-state index is 6.30. The molecule has 18 heavy (non-hydrogen) atoms. The highest BCUT2D eigenvalue weighted by Crippen LogP contribution is 2.36. The van der Waals surface area contributed by atoms with Crippen LogP contribution < -0.4 is 0 Å². The number of hydrogen-bond acceptors (Lipinski definition) is 1. The van der Waals surface area contributed by atoms with Gasteiger partial charge in [0.05, 0.1) is 5.02 Å². The van der Waals surface area contributed by atoms with Crippen molar-refractivity contribution in [1.29, 1.82) is 0 Å². The van der Waals surface area contributed by atoms with Gasteiger partial charge in [-0.3, -0.25) is 4.98 Å². The van der Waals surface area contributed by atoms with Gasteiger partial charge in [0.1, 0.15) is 0 Å². The molecule has 0 N–H and O–H groups in total. The fourth-order valence-corrected chi connectivity index (χ4v) is 3.23. The highest BCUT2D eigenvalue weighted by molar-refractivity contribution is 9.10. The number of rotatable bonds is 3. The summed E-state index contributed by atoms with van der Waals surface area (Å²) < 4.78 is 0.920. The van der Waals surface area contributed by atoms with Gasteiger partial charge in [-0.05, 0) is 46.1 Å². The van der Waals surface area contributed by atoms with Gasteiger partial charge >= 0.3 is 0 Å². The SMILES string of the molecule is Cc1cccnc1CC(Br)c1cccc(Br)c1Cl. The number of nitrogens with zero attached hydrogens (tertiary/aromatic N) is 1. The first kappa shape index (κ1) is 14.0. The molecular weight excluding hydrogens is 377 g/mol. The minimum atomic E-state index is 0.163. The molecule has 0 radical (unpaired) electrons. The van der Waals surface area contributed by atoms with E-state index in [1.807, 2.05) is 30.5 Å². The molecule has 1 heterocycles. The van der Waals surface area contributed by atoms with Crippen LogP contribution in [0.2, 0.25) is 5.02 Å². The second-order valence-electron chi connectivity index (χ2n) is 4.08. The number of pyridine rings is 1. The topological polar surface area (TPSA) is 12.9 Å². The summed E-state index contributed by atoms with van der Waals surface area (Å²) in [6.07, 6.45) is 2.65. The van der Waals surface area contributed by atoms with Crippen LogP contribution in [0.25, 0.3) is 0 Å². The number of aromatic nitrogens is 1. The van der Waals surface area contributed by atoms with Crippen molar-refractivity contribution in [2.75, 3.05) is 0 Å². The van der Waals surface area contributed by atoms with E-state index in [0.29, 0.717) is 0 Å². The number of benzene rings is 1. The van der Waals surface area contributed by atoms with Gasteiger partial charge < -0.3 is 0 Å². The maximum atomic E-state index is 6.30. The summed E-state index contributed by atoms with van der Waals surface area (Å²) in [5.74, 6) is 0. The Hall–Kier alpha value is -0.380. The first-order valence-corrected chi connectivity index (χ1v) is 7.66. The van der Waals surface area contributed by atoms with E-state index >= 15 is 0 Å². The summed E-state index contributed by atoms with van der Waals surface area (Å²) in [5, 5.41) is 0.757. The van der Waals surface area contributed by atoms with E-state index in [9.17, 15) is 0 Å². The zero-order valence-electron chi connectivity index (χ0n) is 9.83. The van der Waals surface area contributed by atoms with E-state index in [1.165, 1.54) is 5.56 Å². The first-order valence-electron chi connectivity index (χ1n) is 5.58. The molecule has 1 nitrogen and oxygen atoms in total. The van der Waals surface area contributed by atoms with Crippen LogP contribution in [0.15, 0.2) is 41.0 Å². The van der Waals surface area contributed by atoms with Gasteiger partial charge in [0.15, 0.2) is 0 Å². The number of alkyl halides is 1. The van der Waals surface area contributed by atoms with Crippen molar-refractivity contribution < 1.29 is 0 Å². The molecule has 1 aromatic carbocycles. The minimum absolute atomic E-state index is 0.163. The Kier molecular flexibility index (Phi) is 4.82. The zero-order valence-corrected chi connectivity index (χ0v) is 13.8. The summed E-state index contributed by atoms with van der Waals surface area (Å²) in [6.45, 7) is 2.07. The van der Waals surface area contributed by atoms with Gasteiger partial charge in [0.2, 0.25) is 0 Å². The number of aryl methyl sites for hydroxylation is 1. The van der Waals surface area contributed by atoms with Gasteiger partial charge in [-0.1, -0.05) is 45.7 Å². The smallest absolute Gasteiger partial charge is 0.0591 e. The zero-order chi connectivity index (χ0) is 13.1. The molecule has 0 amide bonds. The molecule has 0 saturated carbocycles. The second kappa shape index (κ2) is 6.18. The van der Waals surface area contributed by atoms with Crippen LogP contribution in [0.5, 0.6) is 0 Å². The predicted molar refractivity (Wildman–Crippen MR) is 83.5 cm³/mol. The lowest BCUT2D eigenvalue weighted by atomic mass is 10.1. The molecule has 0 aliphatic heterocycles. The lowest BCUT2D eigenvalue weighted by molar-refractivity contribution is 0.891. The largest absolute Gasteiger partial charge is 0.261 e. The molecule has 0 aliphatic carbocycles. The van der Waals surface area contributed by atoms with Gasteiger partial charge in [-0.15, -0.1) is 0 Å². The highest BCUT2D eigenvalue weighted by atomic mass is 79.9. The van der Waals surface area contributed by atoms with Crippen LogP contribution in [0.3, 0.4) is 0 Å². The Balaban J connectivity index is 2.25. The molecule has 0 fully saturated rings. The Bertz CT molecular complexity index is 557. The van der Waals surface area contributed by atoms with Crippen molar-refractivity contribution in [3.63, 3.8) is 0 Å². The quantitative estimate of drug-likeness (QED) is 0.633. The molecule has 2 aromatic rings. The van der Waals surface area contributed by atoms with E-state index < -0.39 is 0 Å². The summed E-state index contributed by atoms with van der Waals surface area (Å²) in [6, 6.07) is 9.99. The van der Waals surface area contributed by atoms with Crippen LogP contribution in [-0.4, -0.2) is 4.98 Å². The molecule has 0 spiro atoms. The van der Waals surface area contributed by atoms with Crippen molar-refractivity contribution in [3.05, 3.63) is 62.8 Å². The Morgan fingerprint density at radius 2 is 2.06 bits per heavy atom. The van der Waals surface area contributed by atoms with Gasteiger partial charge in [0.25, 0.3) is 0 Å². The average Bonchev–Trinajstić information content (AvgIpc) is 2.35. The van der Waals surface area contributed by atoms with E-state index in [2.05, 4.69) is 49.8 Å². The van der Waals surface area contributed by atoms with Crippen molar-refractivity contribution in [1.82, 2.24) is 4.98 Å². The van der Waals surface area contributed by atoms with Crippen LogP contribution in [0.4, 0.5) is 0 Å². The van der Waals surface area contributed by atoms with Crippen molar-refractivity contribution in [2.45, 2.75) is 18.2 Å². The predicted octanol–water partition coefficient (Wildman–Crippen LogP) is 5.48. The third-order valence-electron chi connectivity index (χ3n) is 2.81. The molecule has 2 rings (SSSR count). The van der Waals surface area contributed by atoms with Crippen LogP contribution in [0.1, 0.15) is 21.6 Å². The fourth-order valence-electron chi connectivity index (χ4n) is 1.77. The van der Waals surface area contributed by atoms with E-state index in [-0.39, 0.29) is 4.83 Å². The second-order valence-corrected chi connectivity index (χ2v) is 6.42. The highest BCUT2D eigenvalue weighted by Gasteiger charge is 2.15. The number of halogens is 3. The molecule has 4 heteroatoms. The van der Waals surface area contributed by atoms with Crippen molar-refractivity contribution in [3.8, 4) is 0 Å². The van der Waals surface area contributed by atoms with Crippen LogP contribution >= 0.6 is 43.5 Å². The van der Waals surface area contributed by atoms with Gasteiger partial charge in [-0.2, -0.15) is 0 Å². The Morgan fingerprint density at radius 3 is 2.78 bits per heavy atom. The minimum Gasteiger partial charge on any atom is -0.261 e.